The van der Waals surface area contributed by atoms with Crippen LogP contribution in [0.15, 0.2) is 30.3 Å². The number of carbonyl (C=O) groups excluding carboxylic acids is 1. The number of rotatable bonds is 4. The van der Waals surface area contributed by atoms with Gasteiger partial charge in [-0.05, 0) is 5.56 Å². The van der Waals surface area contributed by atoms with Gasteiger partial charge < -0.3 is 9.53 Å². The van der Waals surface area contributed by atoms with Gasteiger partial charge in [-0.1, -0.05) is 37.3 Å². The molecule has 0 heterocycles. The molecule has 2 atom stereocenters. The summed E-state index contributed by atoms with van der Waals surface area (Å²) in [6, 6.07) is 9.77. The largest absolute Gasteiger partial charge is 0.376 e. The molecule has 0 saturated carbocycles. The Hall–Kier alpha value is -1.15. The topological polar surface area (TPSA) is 26.3 Å². The Kier molecular flexibility index (Phi) is 3.65. The third-order valence-corrected chi connectivity index (χ3v) is 2.07. The van der Waals surface area contributed by atoms with Crippen LogP contribution >= 0.6 is 0 Å². The van der Waals surface area contributed by atoms with E-state index in [9.17, 15) is 4.79 Å². The Morgan fingerprint density at radius 3 is 2.38 bits per heavy atom. The molecule has 0 N–H and O–H groups in total. The van der Waals surface area contributed by atoms with Gasteiger partial charge in [-0.25, -0.2) is 0 Å². The zero-order chi connectivity index (χ0) is 9.68. The summed E-state index contributed by atoms with van der Waals surface area (Å²) in [5, 5.41) is 0. The zero-order valence-corrected chi connectivity index (χ0v) is 7.94. The Morgan fingerprint density at radius 1 is 1.31 bits per heavy atom. The minimum absolute atomic E-state index is 0.104. The summed E-state index contributed by atoms with van der Waals surface area (Å²) in [6.07, 6.45) is 0.792. The molecule has 2 heteroatoms. The smallest absolute Gasteiger partial charge is 0.125 e. The minimum atomic E-state index is -0.126. The highest BCUT2D eigenvalue weighted by molar-refractivity contribution is 5.54. The molecule has 0 aromatic heterocycles. The predicted octanol–water partition coefficient (Wildman–Crippen LogP) is 2.21. The number of methoxy groups -OCH3 is 1. The van der Waals surface area contributed by atoms with Gasteiger partial charge in [-0.15, -0.1) is 0 Å². The molecule has 0 fully saturated rings. The van der Waals surface area contributed by atoms with Gasteiger partial charge in [0, 0.05) is 13.0 Å². The van der Waals surface area contributed by atoms with E-state index in [-0.39, 0.29) is 12.0 Å². The maximum absolute atomic E-state index is 10.6. The van der Waals surface area contributed by atoms with Gasteiger partial charge >= 0.3 is 0 Å². The molecule has 13 heavy (non-hydrogen) atoms. The molecule has 0 bridgehead atoms. The SMILES string of the molecule is CO[C@H](c1ccccc1)[C@@H](C)C=O. The minimum Gasteiger partial charge on any atom is -0.376 e. The molecule has 1 rings (SSSR count). The molecule has 0 amide bonds. The first-order chi connectivity index (χ1) is 6.29. The molecule has 1 aromatic rings. The van der Waals surface area contributed by atoms with Crippen LogP contribution in [0.5, 0.6) is 0 Å². The second-order valence-electron chi connectivity index (χ2n) is 3.06. The number of hydrogen-bond donors (Lipinski definition) is 0. The quantitative estimate of drug-likeness (QED) is 0.661. The molecule has 0 radical (unpaired) electrons. The number of carbonyl (C=O) groups is 1. The highest BCUT2D eigenvalue weighted by Crippen LogP contribution is 2.23. The standard InChI is InChI=1S/C11H14O2/c1-9(8-12)11(13-2)10-6-4-3-5-7-10/h3-9,11H,1-2H3/t9-,11-/m0/s1. The normalized spacial score (nSPS) is 14.9. The van der Waals surface area contributed by atoms with Gasteiger partial charge in [0.15, 0.2) is 0 Å². The molecular formula is C11H14O2. The van der Waals surface area contributed by atoms with Gasteiger partial charge in [-0.3, -0.25) is 0 Å². The summed E-state index contributed by atoms with van der Waals surface area (Å²) in [5.74, 6) is -0.104. The maximum atomic E-state index is 10.6. The van der Waals surface area contributed by atoms with E-state index in [1.54, 1.807) is 7.11 Å². The third-order valence-electron chi connectivity index (χ3n) is 2.07. The third kappa shape index (κ3) is 2.39. The monoisotopic (exact) mass is 178 g/mol. The van der Waals surface area contributed by atoms with Gasteiger partial charge in [0.1, 0.15) is 6.29 Å². The zero-order valence-electron chi connectivity index (χ0n) is 7.94. The van der Waals surface area contributed by atoms with E-state index < -0.39 is 0 Å². The van der Waals surface area contributed by atoms with Gasteiger partial charge in [0.2, 0.25) is 0 Å². The van der Waals surface area contributed by atoms with Crippen molar-refractivity contribution in [2.75, 3.05) is 7.11 Å². The summed E-state index contributed by atoms with van der Waals surface area (Å²) in [5.41, 5.74) is 1.05. The van der Waals surface area contributed by atoms with Crippen LogP contribution in [0.1, 0.15) is 18.6 Å². The highest BCUT2D eigenvalue weighted by Gasteiger charge is 2.17. The lowest BCUT2D eigenvalue weighted by Crippen LogP contribution is -2.12. The number of hydrogen-bond acceptors (Lipinski definition) is 2. The highest BCUT2D eigenvalue weighted by atomic mass is 16.5. The first-order valence-electron chi connectivity index (χ1n) is 4.32. The maximum Gasteiger partial charge on any atom is 0.125 e. The Labute approximate surface area is 78.5 Å². The van der Waals surface area contributed by atoms with Crippen molar-refractivity contribution in [1.82, 2.24) is 0 Å². The summed E-state index contributed by atoms with van der Waals surface area (Å²) in [7, 11) is 1.62. The van der Waals surface area contributed by atoms with Crippen LogP contribution in [0.25, 0.3) is 0 Å². The first kappa shape index (κ1) is 9.93. The Balaban J connectivity index is 2.84. The van der Waals surface area contributed by atoms with Crippen molar-refractivity contribution in [1.29, 1.82) is 0 Å². The lowest BCUT2D eigenvalue weighted by Gasteiger charge is -2.18. The van der Waals surface area contributed by atoms with Gasteiger partial charge in [-0.2, -0.15) is 0 Å². The Bertz CT molecular complexity index is 256. The summed E-state index contributed by atoms with van der Waals surface area (Å²) in [4.78, 5) is 10.6. The lowest BCUT2D eigenvalue weighted by atomic mass is 9.99. The van der Waals surface area contributed by atoms with Crippen molar-refractivity contribution >= 4 is 6.29 Å². The van der Waals surface area contributed by atoms with Crippen molar-refractivity contribution in [3.05, 3.63) is 35.9 Å². The average Bonchev–Trinajstić information content (AvgIpc) is 2.20. The van der Waals surface area contributed by atoms with Crippen LogP contribution in [0.4, 0.5) is 0 Å². The second kappa shape index (κ2) is 4.77. The molecule has 0 aliphatic heterocycles. The van der Waals surface area contributed by atoms with Crippen LogP contribution < -0.4 is 0 Å². The molecule has 1 aromatic carbocycles. The fourth-order valence-electron chi connectivity index (χ4n) is 1.37. The van der Waals surface area contributed by atoms with Crippen molar-refractivity contribution < 1.29 is 9.53 Å². The number of ether oxygens (including phenoxy) is 1. The molecule has 2 nitrogen and oxygen atoms in total. The molecule has 0 aliphatic carbocycles. The van der Waals surface area contributed by atoms with E-state index in [0.717, 1.165) is 11.8 Å². The molecule has 70 valence electrons. The van der Waals surface area contributed by atoms with E-state index in [4.69, 9.17) is 4.74 Å². The van der Waals surface area contributed by atoms with Crippen molar-refractivity contribution in [2.24, 2.45) is 5.92 Å². The van der Waals surface area contributed by atoms with Crippen LogP contribution in [-0.4, -0.2) is 13.4 Å². The number of aldehydes is 1. The molecule has 0 saturated heterocycles. The van der Waals surface area contributed by atoms with E-state index in [2.05, 4.69) is 0 Å². The van der Waals surface area contributed by atoms with Crippen LogP contribution in [0.3, 0.4) is 0 Å². The lowest BCUT2D eigenvalue weighted by molar-refractivity contribution is -0.114. The van der Waals surface area contributed by atoms with E-state index >= 15 is 0 Å². The first-order valence-corrected chi connectivity index (χ1v) is 4.32. The van der Waals surface area contributed by atoms with Crippen LogP contribution in [0.2, 0.25) is 0 Å². The van der Waals surface area contributed by atoms with Crippen molar-refractivity contribution in [3.8, 4) is 0 Å². The van der Waals surface area contributed by atoms with Crippen molar-refractivity contribution in [2.45, 2.75) is 13.0 Å². The molecule has 0 spiro atoms. The second-order valence-corrected chi connectivity index (χ2v) is 3.06. The summed E-state index contributed by atoms with van der Waals surface area (Å²) < 4.78 is 5.26. The fourth-order valence-corrected chi connectivity index (χ4v) is 1.37. The summed E-state index contributed by atoms with van der Waals surface area (Å²) >= 11 is 0. The van der Waals surface area contributed by atoms with E-state index in [1.807, 2.05) is 37.3 Å². The van der Waals surface area contributed by atoms with E-state index in [0.29, 0.717) is 0 Å². The predicted molar refractivity (Wildman–Crippen MR) is 51.4 cm³/mol. The van der Waals surface area contributed by atoms with Crippen LogP contribution in [-0.2, 0) is 9.53 Å². The fraction of sp³-hybridized carbons (Fsp3) is 0.364. The van der Waals surface area contributed by atoms with Gasteiger partial charge in [0.05, 0.1) is 6.10 Å². The molecule has 0 unspecified atom stereocenters. The molecular weight excluding hydrogens is 164 g/mol. The molecule has 0 aliphatic rings. The average molecular weight is 178 g/mol. The van der Waals surface area contributed by atoms with Gasteiger partial charge in [0.25, 0.3) is 0 Å². The number of benzene rings is 1. The van der Waals surface area contributed by atoms with E-state index in [1.165, 1.54) is 0 Å². The summed E-state index contributed by atoms with van der Waals surface area (Å²) in [6.45, 7) is 1.86. The Morgan fingerprint density at radius 2 is 1.92 bits per heavy atom. The van der Waals surface area contributed by atoms with Crippen LogP contribution in [0, 0.1) is 5.92 Å². The van der Waals surface area contributed by atoms with Crippen molar-refractivity contribution in [3.63, 3.8) is 0 Å².